The molecule has 0 saturated carbocycles. The predicted molar refractivity (Wildman–Crippen MR) is 89.6 cm³/mol. The molecule has 1 atom stereocenters. The Kier molecular flexibility index (Phi) is 5.79. The van der Waals surface area contributed by atoms with Crippen LogP contribution in [0.2, 0.25) is 0 Å². The molecular weight excluding hydrogens is 316 g/mol. The Morgan fingerprint density at radius 3 is 2.65 bits per heavy atom. The van der Waals surface area contributed by atoms with E-state index in [-0.39, 0.29) is 11.9 Å². The highest BCUT2D eigenvalue weighted by Gasteiger charge is 2.24. The lowest BCUT2D eigenvalue weighted by Gasteiger charge is -2.32. The molecular formula is C16H22N2O4S. The van der Waals surface area contributed by atoms with Crippen LogP contribution in [0.15, 0.2) is 30.3 Å². The second kappa shape index (κ2) is 7.61. The minimum atomic E-state index is -3.25. The average molecular weight is 338 g/mol. The van der Waals surface area contributed by atoms with Gasteiger partial charge in [0, 0.05) is 25.2 Å². The smallest absolute Gasteiger partial charge is 0.246 e. The van der Waals surface area contributed by atoms with Gasteiger partial charge in [0.1, 0.15) is 5.75 Å². The van der Waals surface area contributed by atoms with E-state index in [1.165, 1.54) is 6.08 Å². The largest absolute Gasteiger partial charge is 0.497 e. The number of carbonyl (C=O) groups excluding carboxylic acids is 1. The summed E-state index contributed by atoms with van der Waals surface area (Å²) in [7, 11) is -1.65. The van der Waals surface area contributed by atoms with Gasteiger partial charge in [-0.25, -0.2) is 13.1 Å². The molecule has 1 fully saturated rings. The summed E-state index contributed by atoms with van der Waals surface area (Å²) >= 11 is 0. The number of benzene rings is 1. The molecule has 7 heteroatoms. The molecule has 1 N–H and O–H groups in total. The fourth-order valence-electron chi connectivity index (χ4n) is 2.56. The zero-order valence-corrected chi connectivity index (χ0v) is 14.2. The number of methoxy groups -OCH3 is 1. The normalized spacial score (nSPS) is 19.0. The van der Waals surface area contributed by atoms with Crippen molar-refractivity contribution in [3.05, 3.63) is 35.9 Å². The van der Waals surface area contributed by atoms with Gasteiger partial charge in [0.05, 0.1) is 13.4 Å². The molecule has 1 unspecified atom stereocenters. The third kappa shape index (κ3) is 5.69. The molecule has 1 aliphatic rings. The molecule has 1 aromatic carbocycles. The van der Waals surface area contributed by atoms with Crippen LogP contribution in [0.25, 0.3) is 6.08 Å². The van der Waals surface area contributed by atoms with Gasteiger partial charge in [0.25, 0.3) is 0 Å². The molecule has 0 radical (unpaired) electrons. The van der Waals surface area contributed by atoms with Gasteiger partial charge in [0.15, 0.2) is 0 Å². The maximum atomic E-state index is 12.2. The van der Waals surface area contributed by atoms with Crippen molar-refractivity contribution in [3.8, 4) is 5.75 Å². The van der Waals surface area contributed by atoms with Gasteiger partial charge >= 0.3 is 0 Å². The van der Waals surface area contributed by atoms with Crippen LogP contribution < -0.4 is 9.46 Å². The highest BCUT2D eigenvalue weighted by molar-refractivity contribution is 7.88. The lowest BCUT2D eigenvalue weighted by molar-refractivity contribution is -0.127. The average Bonchev–Trinajstić information content (AvgIpc) is 2.51. The monoisotopic (exact) mass is 338 g/mol. The number of sulfonamides is 1. The first-order chi connectivity index (χ1) is 10.9. The number of hydrogen-bond donors (Lipinski definition) is 1. The van der Waals surface area contributed by atoms with Crippen molar-refractivity contribution in [3.63, 3.8) is 0 Å². The number of amides is 1. The summed E-state index contributed by atoms with van der Waals surface area (Å²) < 4.78 is 30.3. The van der Waals surface area contributed by atoms with Gasteiger partial charge < -0.3 is 9.64 Å². The molecule has 1 aliphatic heterocycles. The minimum Gasteiger partial charge on any atom is -0.497 e. The zero-order chi connectivity index (χ0) is 16.9. The molecule has 0 bridgehead atoms. The van der Waals surface area contributed by atoms with Crippen LogP contribution in [0.3, 0.4) is 0 Å². The standard InChI is InChI=1S/C16H22N2O4S/c1-22-15-8-5-13(6-9-15)7-10-16(19)18-11-3-4-14(12-18)17-23(2,20)21/h5-10,14,17H,3-4,11-12H2,1-2H3/b10-7+. The topological polar surface area (TPSA) is 75.7 Å². The molecule has 1 heterocycles. The first-order valence-electron chi connectivity index (χ1n) is 7.46. The summed E-state index contributed by atoms with van der Waals surface area (Å²) in [4.78, 5) is 13.9. The van der Waals surface area contributed by atoms with E-state index in [2.05, 4.69) is 4.72 Å². The van der Waals surface area contributed by atoms with E-state index in [1.54, 1.807) is 18.1 Å². The first kappa shape index (κ1) is 17.5. The van der Waals surface area contributed by atoms with Crippen LogP contribution in [0, 0.1) is 0 Å². The van der Waals surface area contributed by atoms with E-state index in [4.69, 9.17) is 4.74 Å². The summed E-state index contributed by atoms with van der Waals surface area (Å²) in [6.45, 7) is 1.05. The number of carbonyl (C=O) groups is 1. The molecule has 0 aromatic heterocycles. The molecule has 1 saturated heterocycles. The van der Waals surface area contributed by atoms with Crippen molar-refractivity contribution in [2.45, 2.75) is 18.9 Å². The Hall–Kier alpha value is -1.86. The van der Waals surface area contributed by atoms with E-state index in [1.807, 2.05) is 24.3 Å². The van der Waals surface area contributed by atoms with Gasteiger partial charge in [-0.15, -0.1) is 0 Å². The number of likely N-dealkylation sites (tertiary alicyclic amines) is 1. The van der Waals surface area contributed by atoms with Gasteiger partial charge in [-0.3, -0.25) is 4.79 Å². The molecule has 1 amide bonds. The van der Waals surface area contributed by atoms with Crippen LogP contribution in [0.5, 0.6) is 5.75 Å². The molecule has 23 heavy (non-hydrogen) atoms. The second-order valence-corrected chi connectivity index (χ2v) is 7.40. The fraction of sp³-hybridized carbons (Fsp3) is 0.438. The molecule has 2 rings (SSSR count). The van der Waals surface area contributed by atoms with E-state index in [0.717, 1.165) is 30.4 Å². The lowest BCUT2D eigenvalue weighted by Crippen LogP contribution is -2.48. The molecule has 1 aromatic rings. The van der Waals surface area contributed by atoms with E-state index in [9.17, 15) is 13.2 Å². The van der Waals surface area contributed by atoms with Gasteiger partial charge in [-0.2, -0.15) is 0 Å². The Bertz CT molecular complexity index is 668. The summed E-state index contributed by atoms with van der Waals surface area (Å²) in [6, 6.07) is 7.19. The van der Waals surface area contributed by atoms with Gasteiger partial charge in [0.2, 0.25) is 15.9 Å². The predicted octanol–water partition coefficient (Wildman–Crippen LogP) is 1.25. The Balaban J connectivity index is 1.95. The Morgan fingerprint density at radius 2 is 2.04 bits per heavy atom. The third-order valence-corrected chi connectivity index (χ3v) is 4.41. The van der Waals surface area contributed by atoms with Crippen molar-refractivity contribution in [1.82, 2.24) is 9.62 Å². The van der Waals surface area contributed by atoms with Crippen LogP contribution in [-0.2, 0) is 14.8 Å². The molecule has 126 valence electrons. The van der Waals surface area contributed by atoms with Gasteiger partial charge in [-0.05, 0) is 36.6 Å². The van der Waals surface area contributed by atoms with E-state index in [0.29, 0.717) is 13.1 Å². The van der Waals surface area contributed by atoms with Crippen molar-refractivity contribution in [2.75, 3.05) is 26.5 Å². The summed E-state index contributed by atoms with van der Waals surface area (Å²) in [5, 5.41) is 0. The van der Waals surface area contributed by atoms with E-state index >= 15 is 0 Å². The summed E-state index contributed by atoms with van der Waals surface area (Å²) in [5.74, 6) is 0.653. The maximum Gasteiger partial charge on any atom is 0.246 e. The first-order valence-corrected chi connectivity index (χ1v) is 9.35. The second-order valence-electron chi connectivity index (χ2n) is 5.62. The summed E-state index contributed by atoms with van der Waals surface area (Å²) in [6.07, 6.45) is 5.94. The fourth-order valence-corrected chi connectivity index (χ4v) is 3.36. The quantitative estimate of drug-likeness (QED) is 0.820. The number of rotatable bonds is 5. The molecule has 0 aliphatic carbocycles. The van der Waals surface area contributed by atoms with E-state index < -0.39 is 10.0 Å². The Morgan fingerprint density at radius 1 is 1.35 bits per heavy atom. The van der Waals surface area contributed by atoms with Crippen LogP contribution in [-0.4, -0.2) is 51.7 Å². The van der Waals surface area contributed by atoms with Crippen molar-refractivity contribution in [2.24, 2.45) is 0 Å². The van der Waals surface area contributed by atoms with Crippen molar-refractivity contribution < 1.29 is 17.9 Å². The molecule has 0 spiro atoms. The van der Waals surface area contributed by atoms with Crippen molar-refractivity contribution in [1.29, 1.82) is 0 Å². The van der Waals surface area contributed by atoms with Crippen molar-refractivity contribution >= 4 is 22.0 Å². The van der Waals surface area contributed by atoms with Crippen LogP contribution in [0.1, 0.15) is 18.4 Å². The number of nitrogens with one attached hydrogen (secondary N) is 1. The third-order valence-electron chi connectivity index (χ3n) is 3.65. The maximum absolute atomic E-state index is 12.2. The zero-order valence-electron chi connectivity index (χ0n) is 13.4. The SMILES string of the molecule is COc1ccc(/C=C/C(=O)N2CCCC(NS(C)(=O)=O)C2)cc1. The summed E-state index contributed by atoms with van der Waals surface area (Å²) in [5.41, 5.74) is 0.905. The molecule has 6 nitrogen and oxygen atoms in total. The van der Waals surface area contributed by atoms with Crippen LogP contribution >= 0.6 is 0 Å². The number of nitrogens with zero attached hydrogens (tertiary/aromatic N) is 1. The Labute approximate surface area is 137 Å². The number of piperidine rings is 1. The highest BCUT2D eigenvalue weighted by Crippen LogP contribution is 2.14. The number of ether oxygens (including phenoxy) is 1. The highest BCUT2D eigenvalue weighted by atomic mass is 32.2. The van der Waals surface area contributed by atoms with Gasteiger partial charge in [-0.1, -0.05) is 12.1 Å². The number of hydrogen-bond acceptors (Lipinski definition) is 4. The lowest BCUT2D eigenvalue weighted by atomic mass is 10.1. The van der Waals surface area contributed by atoms with Crippen LogP contribution in [0.4, 0.5) is 0 Å². The minimum absolute atomic E-state index is 0.110.